The van der Waals surface area contributed by atoms with Gasteiger partial charge in [-0.15, -0.1) is 11.8 Å². The van der Waals surface area contributed by atoms with Gasteiger partial charge in [-0.2, -0.15) is 18.4 Å². The van der Waals surface area contributed by atoms with E-state index in [0.29, 0.717) is 17.9 Å². The number of aromatic nitrogens is 1. The minimum atomic E-state index is -4.70. The Morgan fingerprint density at radius 1 is 1.31 bits per heavy atom. The molecule has 1 aliphatic rings. The van der Waals surface area contributed by atoms with Crippen molar-refractivity contribution in [1.29, 1.82) is 5.26 Å². The molecule has 0 radical (unpaired) electrons. The number of thioether (sulfide) groups is 1. The number of carbonyl (C=O) groups excluding carboxylic acids is 1. The van der Waals surface area contributed by atoms with E-state index in [0.717, 1.165) is 37.1 Å². The number of ether oxygens (including phenoxy) is 1. The lowest BCUT2D eigenvalue weighted by Gasteiger charge is -2.33. The number of piperidine rings is 1. The van der Waals surface area contributed by atoms with Crippen LogP contribution in [-0.2, 0) is 11.0 Å². The maximum atomic E-state index is 13.7. The normalized spacial score (nSPS) is 16.5. The number of benzene rings is 1. The van der Waals surface area contributed by atoms with Crippen molar-refractivity contribution < 1.29 is 22.7 Å². The zero-order chi connectivity index (χ0) is 23.3. The predicted molar refractivity (Wildman–Crippen MR) is 116 cm³/mol. The SMILES string of the molecule is COc1ccc(-c2cc(C(F)(F)F)c(C#N)c(SCCC(=O)N3CCCC[C@H]3C)n2)cc1. The maximum Gasteiger partial charge on any atom is 0.417 e. The van der Waals surface area contributed by atoms with Gasteiger partial charge in [0.25, 0.3) is 0 Å². The van der Waals surface area contributed by atoms with Gasteiger partial charge in [-0.3, -0.25) is 4.79 Å². The quantitative estimate of drug-likeness (QED) is 0.527. The number of hydrogen-bond acceptors (Lipinski definition) is 5. The summed E-state index contributed by atoms with van der Waals surface area (Å²) in [6.45, 7) is 2.71. The monoisotopic (exact) mass is 463 g/mol. The Hall–Kier alpha value is -2.73. The molecule has 3 rings (SSSR count). The molecular formula is C23H24F3N3O2S. The molecule has 170 valence electrons. The van der Waals surface area contributed by atoms with Gasteiger partial charge in [-0.25, -0.2) is 4.98 Å². The Kier molecular flexibility index (Phi) is 7.67. The molecule has 1 aromatic carbocycles. The molecule has 1 fully saturated rings. The van der Waals surface area contributed by atoms with Crippen LogP contribution in [0.15, 0.2) is 35.4 Å². The van der Waals surface area contributed by atoms with Crippen LogP contribution >= 0.6 is 11.8 Å². The second-order valence-electron chi connectivity index (χ2n) is 7.60. The smallest absolute Gasteiger partial charge is 0.417 e. The lowest BCUT2D eigenvalue weighted by molar-refractivity contribution is -0.138. The third kappa shape index (κ3) is 5.54. The van der Waals surface area contributed by atoms with E-state index in [1.54, 1.807) is 30.3 Å². The Bertz CT molecular complexity index is 1000. The number of hydrogen-bond donors (Lipinski definition) is 0. The van der Waals surface area contributed by atoms with Gasteiger partial charge in [-0.1, -0.05) is 0 Å². The molecule has 9 heteroatoms. The Morgan fingerprint density at radius 2 is 2.03 bits per heavy atom. The number of nitriles is 1. The third-order valence-corrected chi connectivity index (χ3v) is 6.44. The largest absolute Gasteiger partial charge is 0.497 e. The topological polar surface area (TPSA) is 66.2 Å². The molecular weight excluding hydrogens is 439 g/mol. The van der Waals surface area contributed by atoms with Crippen LogP contribution in [0, 0.1) is 11.3 Å². The number of likely N-dealkylation sites (tertiary alicyclic amines) is 1. The molecule has 1 atom stereocenters. The number of methoxy groups -OCH3 is 1. The van der Waals surface area contributed by atoms with E-state index in [9.17, 15) is 23.2 Å². The first-order chi connectivity index (χ1) is 15.2. The fourth-order valence-electron chi connectivity index (χ4n) is 3.71. The molecule has 32 heavy (non-hydrogen) atoms. The summed E-state index contributed by atoms with van der Waals surface area (Å²) >= 11 is 1.01. The highest BCUT2D eigenvalue weighted by atomic mass is 32.2. The van der Waals surface area contributed by atoms with E-state index in [-0.39, 0.29) is 34.8 Å². The van der Waals surface area contributed by atoms with Gasteiger partial charge in [0.1, 0.15) is 16.8 Å². The lowest BCUT2D eigenvalue weighted by Crippen LogP contribution is -2.42. The summed E-state index contributed by atoms with van der Waals surface area (Å²) in [6.07, 6.45) is -1.52. The van der Waals surface area contributed by atoms with E-state index in [1.165, 1.54) is 7.11 Å². The maximum absolute atomic E-state index is 13.7. The number of rotatable bonds is 6. The second-order valence-corrected chi connectivity index (χ2v) is 8.69. The van der Waals surface area contributed by atoms with Crippen molar-refractivity contribution in [2.45, 2.75) is 49.9 Å². The highest BCUT2D eigenvalue weighted by Gasteiger charge is 2.36. The number of nitrogens with zero attached hydrogens (tertiary/aromatic N) is 3. The number of pyridine rings is 1. The zero-order valence-electron chi connectivity index (χ0n) is 17.9. The molecule has 0 unspecified atom stereocenters. The van der Waals surface area contributed by atoms with Gasteiger partial charge < -0.3 is 9.64 Å². The fourth-order valence-corrected chi connectivity index (χ4v) is 4.65. The molecule has 2 aromatic rings. The van der Waals surface area contributed by atoms with Crippen LogP contribution in [-0.4, -0.2) is 41.2 Å². The first-order valence-corrected chi connectivity index (χ1v) is 11.3. The Morgan fingerprint density at radius 3 is 2.62 bits per heavy atom. The van der Waals surface area contributed by atoms with Crippen molar-refractivity contribution in [3.63, 3.8) is 0 Å². The molecule has 0 saturated carbocycles. The third-order valence-electron chi connectivity index (χ3n) is 5.47. The minimum Gasteiger partial charge on any atom is -0.497 e. The van der Waals surface area contributed by atoms with Gasteiger partial charge in [0.2, 0.25) is 5.91 Å². The molecule has 0 bridgehead atoms. The van der Waals surface area contributed by atoms with Crippen molar-refractivity contribution in [2.24, 2.45) is 0 Å². The predicted octanol–water partition coefficient (Wildman–Crippen LogP) is 5.53. The Balaban J connectivity index is 1.86. The van der Waals surface area contributed by atoms with Gasteiger partial charge >= 0.3 is 6.18 Å². The average molecular weight is 464 g/mol. The van der Waals surface area contributed by atoms with Crippen LogP contribution in [0.25, 0.3) is 11.3 Å². The number of carbonyl (C=O) groups is 1. The molecule has 0 N–H and O–H groups in total. The van der Waals surface area contributed by atoms with Crippen molar-refractivity contribution in [3.05, 3.63) is 41.5 Å². The van der Waals surface area contributed by atoms with E-state index in [4.69, 9.17) is 4.74 Å². The molecule has 1 saturated heterocycles. The highest BCUT2D eigenvalue weighted by molar-refractivity contribution is 7.99. The highest BCUT2D eigenvalue weighted by Crippen LogP contribution is 2.38. The van der Waals surface area contributed by atoms with Gasteiger partial charge in [0.05, 0.1) is 23.9 Å². The molecule has 5 nitrogen and oxygen atoms in total. The van der Waals surface area contributed by atoms with Crippen molar-refractivity contribution >= 4 is 17.7 Å². The number of amides is 1. The summed E-state index contributed by atoms with van der Waals surface area (Å²) in [7, 11) is 1.50. The van der Waals surface area contributed by atoms with E-state index < -0.39 is 17.3 Å². The zero-order valence-corrected chi connectivity index (χ0v) is 18.7. The van der Waals surface area contributed by atoms with Crippen molar-refractivity contribution in [3.8, 4) is 23.1 Å². The minimum absolute atomic E-state index is 0.0207. The molecule has 1 amide bonds. The van der Waals surface area contributed by atoms with Gasteiger partial charge in [-0.05, 0) is 56.5 Å². The number of alkyl halides is 3. The van der Waals surface area contributed by atoms with E-state index in [1.807, 2.05) is 11.8 Å². The van der Waals surface area contributed by atoms with Crippen LogP contribution in [0.4, 0.5) is 13.2 Å². The summed E-state index contributed by atoms with van der Waals surface area (Å²) in [5.74, 6) is 0.789. The van der Waals surface area contributed by atoms with Gasteiger partial charge in [0.15, 0.2) is 0 Å². The lowest BCUT2D eigenvalue weighted by atomic mass is 10.0. The second kappa shape index (κ2) is 10.3. The van der Waals surface area contributed by atoms with Gasteiger partial charge in [0, 0.05) is 30.3 Å². The summed E-state index contributed by atoms with van der Waals surface area (Å²) < 4.78 is 46.2. The molecule has 2 heterocycles. The molecule has 0 spiro atoms. The summed E-state index contributed by atoms with van der Waals surface area (Å²) in [4.78, 5) is 18.7. The van der Waals surface area contributed by atoms with Crippen LogP contribution < -0.4 is 4.74 Å². The summed E-state index contributed by atoms with van der Waals surface area (Å²) in [5, 5.41) is 9.42. The van der Waals surface area contributed by atoms with E-state index in [2.05, 4.69) is 4.98 Å². The first kappa shape index (κ1) is 23.9. The standard InChI is InChI=1S/C23H24F3N3O2S/c1-15-5-3-4-11-29(15)21(30)10-12-32-22-18(14-27)19(23(24,25)26)13-20(28-22)16-6-8-17(31-2)9-7-16/h6-9,13,15H,3-5,10-12H2,1-2H3/t15-/m1/s1. The molecule has 0 aliphatic carbocycles. The van der Waals surface area contributed by atoms with Crippen LogP contribution in [0.1, 0.15) is 43.7 Å². The molecule has 1 aliphatic heterocycles. The Labute approximate surface area is 189 Å². The number of halogens is 3. The van der Waals surface area contributed by atoms with Crippen LogP contribution in [0.2, 0.25) is 0 Å². The van der Waals surface area contributed by atoms with Crippen molar-refractivity contribution in [2.75, 3.05) is 19.4 Å². The summed E-state index contributed by atoms with van der Waals surface area (Å²) in [5.41, 5.74) is -0.962. The fraction of sp³-hybridized carbons (Fsp3) is 0.435. The van der Waals surface area contributed by atoms with Crippen molar-refractivity contribution in [1.82, 2.24) is 9.88 Å². The average Bonchev–Trinajstić information content (AvgIpc) is 2.78. The van der Waals surface area contributed by atoms with E-state index >= 15 is 0 Å². The summed E-state index contributed by atoms with van der Waals surface area (Å²) in [6, 6.07) is 9.22. The van der Waals surface area contributed by atoms with Crippen LogP contribution in [0.5, 0.6) is 5.75 Å². The first-order valence-electron chi connectivity index (χ1n) is 10.3. The molecule has 1 aromatic heterocycles. The van der Waals surface area contributed by atoms with Crippen LogP contribution in [0.3, 0.4) is 0 Å².